The van der Waals surface area contributed by atoms with Gasteiger partial charge in [0.25, 0.3) is 0 Å². The Morgan fingerprint density at radius 1 is 0.617 bits per heavy atom. The minimum atomic E-state index is -0.473. The number of rotatable bonds is 21. The summed E-state index contributed by atoms with van der Waals surface area (Å²) in [6.07, 6.45) is 17.5. The van der Waals surface area contributed by atoms with Crippen molar-refractivity contribution >= 4 is 11.9 Å². The van der Waals surface area contributed by atoms with Crippen molar-refractivity contribution in [2.24, 2.45) is 0 Å². The van der Waals surface area contributed by atoms with Crippen molar-refractivity contribution in [3.8, 4) is 17.2 Å². The number of carbonyl (C=O) groups excluding carboxylic acids is 2. The van der Waals surface area contributed by atoms with E-state index in [-0.39, 0.29) is 6.29 Å². The van der Waals surface area contributed by atoms with Crippen molar-refractivity contribution < 1.29 is 33.3 Å². The molecule has 7 heteroatoms. The molecule has 254 valence electrons. The standard InChI is InChI=1S/C40H52O7/c1-2-3-4-5-6-7-10-15-32-17-19-33(20-18-32)39(41)46-36-25-27-37(28-26-36)47-40(42)34-21-23-35(24-22-34)43-29-12-8-9-13-30-44-38-16-11-14-31-45-38/h17-28,38H,2-16,29-31H2,1H3. The SMILES string of the molecule is CCCCCCCCCc1ccc(C(=O)Oc2ccc(OC(=O)c3ccc(OCCCCCCOC4CCCCO4)cc3)cc2)cc1. The Bertz CT molecular complexity index is 1300. The van der Waals surface area contributed by atoms with E-state index in [0.29, 0.717) is 35.0 Å². The van der Waals surface area contributed by atoms with Crippen molar-refractivity contribution in [2.45, 2.75) is 110 Å². The Hall–Kier alpha value is -3.68. The minimum absolute atomic E-state index is 0.0112. The Balaban J connectivity index is 1.09. The van der Waals surface area contributed by atoms with Gasteiger partial charge in [0.2, 0.25) is 0 Å². The summed E-state index contributed by atoms with van der Waals surface area (Å²) in [5, 5.41) is 0. The fourth-order valence-corrected chi connectivity index (χ4v) is 5.49. The van der Waals surface area contributed by atoms with Crippen LogP contribution in [0.5, 0.6) is 17.2 Å². The van der Waals surface area contributed by atoms with Gasteiger partial charge in [0.05, 0.1) is 17.7 Å². The van der Waals surface area contributed by atoms with Crippen LogP contribution in [0.3, 0.4) is 0 Å². The molecule has 0 radical (unpaired) electrons. The van der Waals surface area contributed by atoms with Crippen LogP contribution in [0.15, 0.2) is 72.8 Å². The number of hydrogen-bond acceptors (Lipinski definition) is 7. The van der Waals surface area contributed by atoms with Crippen molar-refractivity contribution in [3.63, 3.8) is 0 Å². The molecule has 3 aromatic carbocycles. The highest BCUT2D eigenvalue weighted by Gasteiger charge is 2.14. The van der Waals surface area contributed by atoms with E-state index >= 15 is 0 Å². The summed E-state index contributed by atoms with van der Waals surface area (Å²) in [6.45, 7) is 4.42. The molecular formula is C40H52O7. The Morgan fingerprint density at radius 2 is 1.15 bits per heavy atom. The Kier molecular flexibility index (Phi) is 16.3. The summed E-state index contributed by atoms with van der Waals surface area (Å²) in [7, 11) is 0. The molecule has 0 amide bonds. The molecule has 1 heterocycles. The van der Waals surface area contributed by atoms with E-state index in [2.05, 4.69) is 6.92 Å². The fraction of sp³-hybridized carbons (Fsp3) is 0.500. The first-order valence-corrected chi connectivity index (χ1v) is 17.7. The van der Waals surface area contributed by atoms with Crippen LogP contribution in [0.1, 0.15) is 123 Å². The van der Waals surface area contributed by atoms with Gasteiger partial charge in [-0.3, -0.25) is 0 Å². The molecule has 1 fully saturated rings. The third-order valence-electron chi connectivity index (χ3n) is 8.34. The number of benzene rings is 3. The summed E-state index contributed by atoms with van der Waals surface area (Å²) in [4.78, 5) is 25.3. The summed E-state index contributed by atoms with van der Waals surface area (Å²) in [5.74, 6) is 0.564. The van der Waals surface area contributed by atoms with Gasteiger partial charge in [0, 0.05) is 13.2 Å². The summed E-state index contributed by atoms with van der Waals surface area (Å²) in [6, 6.07) is 21.0. The zero-order valence-electron chi connectivity index (χ0n) is 28.1. The second-order valence-corrected chi connectivity index (χ2v) is 12.3. The first-order valence-electron chi connectivity index (χ1n) is 17.7. The lowest BCUT2D eigenvalue weighted by molar-refractivity contribution is -0.162. The topological polar surface area (TPSA) is 80.3 Å². The van der Waals surface area contributed by atoms with Gasteiger partial charge in [-0.05, 0) is 118 Å². The average Bonchev–Trinajstić information content (AvgIpc) is 3.11. The van der Waals surface area contributed by atoms with Crippen molar-refractivity contribution in [2.75, 3.05) is 19.8 Å². The molecule has 0 aromatic heterocycles. The minimum Gasteiger partial charge on any atom is -0.494 e. The molecule has 47 heavy (non-hydrogen) atoms. The van der Waals surface area contributed by atoms with Gasteiger partial charge in [-0.25, -0.2) is 9.59 Å². The summed E-state index contributed by atoms with van der Waals surface area (Å²) >= 11 is 0. The first kappa shape index (κ1) is 36.2. The van der Waals surface area contributed by atoms with Gasteiger partial charge in [0.1, 0.15) is 17.2 Å². The quantitative estimate of drug-likeness (QED) is 0.0649. The average molecular weight is 645 g/mol. The van der Waals surface area contributed by atoms with Crippen molar-refractivity contribution in [3.05, 3.63) is 89.5 Å². The molecule has 1 saturated heterocycles. The lowest BCUT2D eigenvalue weighted by Gasteiger charge is -2.22. The van der Waals surface area contributed by atoms with E-state index in [4.69, 9.17) is 23.7 Å². The van der Waals surface area contributed by atoms with E-state index in [1.165, 1.54) is 56.9 Å². The number of hydrogen-bond donors (Lipinski definition) is 0. The van der Waals surface area contributed by atoms with E-state index in [1.807, 2.05) is 24.3 Å². The molecule has 1 aliphatic rings. The molecule has 0 spiro atoms. The molecule has 1 aliphatic heterocycles. The van der Waals surface area contributed by atoms with E-state index < -0.39 is 11.9 Å². The molecule has 1 atom stereocenters. The zero-order chi connectivity index (χ0) is 32.9. The Morgan fingerprint density at radius 3 is 1.74 bits per heavy atom. The highest BCUT2D eigenvalue weighted by Crippen LogP contribution is 2.22. The maximum Gasteiger partial charge on any atom is 0.343 e. The van der Waals surface area contributed by atoms with Crippen molar-refractivity contribution in [1.82, 2.24) is 0 Å². The molecule has 3 aromatic rings. The van der Waals surface area contributed by atoms with Crippen LogP contribution in [-0.2, 0) is 15.9 Å². The number of esters is 2. The van der Waals surface area contributed by atoms with Gasteiger partial charge in [-0.2, -0.15) is 0 Å². The second kappa shape index (κ2) is 21.2. The third-order valence-corrected chi connectivity index (χ3v) is 8.34. The maximum absolute atomic E-state index is 12.7. The van der Waals surface area contributed by atoms with Gasteiger partial charge >= 0.3 is 11.9 Å². The molecule has 1 unspecified atom stereocenters. The molecule has 7 nitrogen and oxygen atoms in total. The molecule has 4 rings (SSSR count). The monoisotopic (exact) mass is 644 g/mol. The second-order valence-electron chi connectivity index (χ2n) is 12.3. The molecular weight excluding hydrogens is 592 g/mol. The summed E-state index contributed by atoms with van der Waals surface area (Å²) in [5.41, 5.74) is 2.16. The fourth-order valence-electron chi connectivity index (χ4n) is 5.49. The Labute approximate surface area is 280 Å². The molecule has 0 N–H and O–H groups in total. The van der Waals surface area contributed by atoms with Crippen LogP contribution in [-0.4, -0.2) is 38.0 Å². The zero-order valence-corrected chi connectivity index (χ0v) is 28.1. The normalized spacial score (nSPS) is 14.4. The largest absolute Gasteiger partial charge is 0.494 e. The lowest BCUT2D eigenvalue weighted by Crippen LogP contribution is -2.22. The highest BCUT2D eigenvalue weighted by molar-refractivity contribution is 5.92. The lowest BCUT2D eigenvalue weighted by atomic mass is 10.0. The van der Waals surface area contributed by atoms with Crippen LogP contribution >= 0.6 is 0 Å². The number of unbranched alkanes of at least 4 members (excludes halogenated alkanes) is 9. The number of aryl methyl sites for hydroxylation is 1. The smallest absolute Gasteiger partial charge is 0.343 e. The van der Waals surface area contributed by atoms with Crippen molar-refractivity contribution in [1.29, 1.82) is 0 Å². The maximum atomic E-state index is 12.7. The molecule has 0 bridgehead atoms. The van der Waals surface area contributed by atoms with E-state index in [0.717, 1.165) is 58.2 Å². The highest BCUT2D eigenvalue weighted by atomic mass is 16.7. The molecule has 0 saturated carbocycles. The number of carbonyl (C=O) groups is 2. The van der Waals surface area contributed by atoms with Gasteiger partial charge < -0.3 is 23.7 Å². The van der Waals surface area contributed by atoms with E-state index in [1.54, 1.807) is 48.5 Å². The summed E-state index contributed by atoms with van der Waals surface area (Å²) < 4.78 is 28.2. The van der Waals surface area contributed by atoms with E-state index in [9.17, 15) is 9.59 Å². The predicted molar refractivity (Wildman–Crippen MR) is 184 cm³/mol. The van der Waals surface area contributed by atoms with Crippen LogP contribution < -0.4 is 14.2 Å². The first-order chi connectivity index (χ1) is 23.1. The van der Waals surface area contributed by atoms with Crippen LogP contribution in [0.4, 0.5) is 0 Å². The van der Waals surface area contributed by atoms with Crippen LogP contribution in [0.25, 0.3) is 0 Å². The molecule has 0 aliphatic carbocycles. The van der Waals surface area contributed by atoms with Crippen LogP contribution in [0, 0.1) is 0 Å². The van der Waals surface area contributed by atoms with Gasteiger partial charge in [-0.15, -0.1) is 0 Å². The predicted octanol–water partition coefficient (Wildman–Crippen LogP) is 9.90. The van der Waals surface area contributed by atoms with Gasteiger partial charge in [0.15, 0.2) is 6.29 Å². The van der Waals surface area contributed by atoms with Crippen LogP contribution in [0.2, 0.25) is 0 Å². The third kappa shape index (κ3) is 13.9. The number of ether oxygens (including phenoxy) is 5. The van der Waals surface area contributed by atoms with Gasteiger partial charge in [-0.1, -0.05) is 64.0 Å².